The summed E-state index contributed by atoms with van der Waals surface area (Å²) in [5.41, 5.74) is 1.07. The molecule has 2 nitrogen and oxygen atoms in total. The van der Waals surface area contributed by atoms with Crippen LogP contribution in [-0.2, 0) is 6.42 Å². The van der Waals surface area contributed by atoms with Gasteiger partial charge in [-0.3, -0.25) is 0 Å². The quantitative estimate of drug-likeness (QED) is 0.780. The van der Waals surface area contributed by atoms with Crippen LogP contribution in [0.2, 0.25) is 8.67 Å². The van der Waals surface area contributed by atoms with Crippen LogP contribution >= 0.6 is 34.5 Å². The van der Waals surface area contributed by atoms with Crippen LogP contribution in [0, 0.1) is 0 Å². The van der Waals surface area contributed by atoms with E-state index in [1.54, 1.807) is 6.26 Å². The molecular weight excluding hydrogens is 301 g/mol. The molecule has 2 aromatic heterocycles. The van der Waals surface area contributed by atoms with Gasteiger partial charge in [0.05, 0.1) is 14.9 Å². The Hall–Kier alpha value is -0.480. The fourth-order valence-corrected chi connectivity index (χ4v) is 3.71. The van der Waals surface area contributed by atoms with Crippen molar-refractivity contribution in [3.8, 4) is 0 Å². The SMILES string of the molecule is CC(CCc1ccco1)NC(C)c1cc(Cl)sc1Cl. The van der Waals surface area contributed by atoms with Gasteiger partial charge in [-0.2, -0.15) is 0 Å². The van der Waals surface area contributed by atoms with Gasteiger partial charge in [-0.15, -0.1) is 11.3 Å². The predicted molar refractivity (Wildman–Crippen MR) is 82.4 cm³/mol. The summed E-state index contributed by atoms with van der Waals surface area (Å²) in [6.07, 6.45) is 3.67. The van der Waals surface area contributed by atoms with Crippen molar-refractivity contribution in [1.82, 2.24) is 5.32 Å². The zero-order valence-electron chi connectivity index (χ0n) is 11.0. The number of rotatable bonds is 6. The first kappa shape index (κ1) is 14.9. The number of furan rings is 1. The van der Waals surface area contributed by atoms with Crippen molar-refractivity contribution in [2.75, 3.05) is 0 Å². The second kappa shape index (κ2) is 6.80. The lowest BCUT2D eigenvalue weighted by Gasteiger charge is -2.19. The molecule has 19 heavy (non-hydrogen) atoms. The molecule has 104 valence electrons. The van der Waals surface area contributed by atoms with Crippen molar-refractivity contribution in [3.05, 3.63) is 44.5 Å². The van der Waals surface area contributed by atoms with Gasteiger partial charge in [-0.1, -0.05) is 23.2 Å². The Kier molecular flexibility index (Phi) is 5.34. The molecule has 2 unspecified atom stereocenters. The van der Waals surface area contributed by atoms with Crippen LogP contribution in [0.15, 0.2) is 28.9 Å². The molecule has 0 aromatic carbocycles. The molecule has 0 fully saturated rings. The smallest absolute Gasteiger partial charge is 0.103 e. The van der Waals surface area contributed by atoms with Crippen LogP contribution in [0.3, 0.4) is 0 Å². The van der Waals surface area contributed by atoms with E-state index in [4.69, 9.17) is 27.6 Å². The van der Waals surface area contributed by atoms with Crippen LogP contribution in [-0.4, -0.2) is 6.04 Å². The van der Waals surface area contributed by atoms with E-state index < -0.39 is 0 Å². The Morgan fingerprint density at radius 3 is 2.74 bits per heavy atom. The Morgan fingerprint density at radius 2 is 2.16 bits per heavy atom. The van der Waals surface area contributed by atoms with E-state index in [1.165, 1.54) is 11.3 Å². The largest absolute Gasteiger partial charge is 0.469 e. The first-order valence-corrected chi connectivity index (χ1v) is 7.86. The van der Waals surface area contributed by atoms with Gasteiger partial charge >= 0.3 is 0 Å². The van der Waals surface area contributed by atoms with Gasteiger partial charge in [0.15, 0.2) is 0 Å². The standard InChI is InChI=1S/C14H17Cl2NOS/c1-9(5-6-11-4-3-7-18-11)17-10(2)12-8-13(15)19-14(12)16/h3-4,7-10,17H,5-6H2,1-2H3. The van der Waals surface area contributed by atoms with Gasteiger partial charge in [-0.05, 0) is 44.0 Å². The predicted octanol–water partition coefficient (Wildman–Crippen LogP) is 5.32. The van der Waals surface area contributed by atoms with E-state index in [1.807, 2.05) is 18.2 Å². The summed E-state index contributed by atoms with van der Waals surface area (Å²) in [5.74, 6) is 1.03. The molecule has 2 heterocycles. The normalized spacial score (nSPS) is 14.5. The first-order valence-electron chi connectivity index (χ1n) is 6.29. The van der Waals surface area contributed by atoms with E-state index >= 15 is 0 Å². The van der Waals surface area contributed by atoms with Gasteiger partial charge < -0.3 is 9.73 Å². The van der Waals surface area contributed by atoms with Crippen molar-refractivity contribution in [2.45, 2.75) is 38.8 Å². The molecular formula is C14H17Cl2NOS. The molecule has 0 aliphatic rings. The molecule has 0 aliphatic carbocycles. The minimum Gasteiger partial charge on any atom is -0.469 e. The number of hydrogen-bond donors (Lipinski definition) is 1. The van der Waals surface area contributed by atoms with Gasteiger partial charge in [0.25, 0.3) is 0 Å². The highest BCUT2D eigenvalue weighted by Crippen LogP contribution is 2.35. The molecule has 0 saturated carbocycles. The van der Waals surface area contributed by atoms with E-state index in [0.29, 0.717) is 6.04 Å². The van der Waals surface area contributed by atoms with Crippen molar-refractivity contribution in [2.24, 2.45) is 0 Å². The number of thiophene rings is 1. The highest BCUT2D eigenvalue weighted by atomic mass is 35.5. The summed E-state index contributed by atoms with van der Waals surface area (Å²) in [6.45, 7) is 4.27. The van der Waals surface area contributed by atoms with Crippen molar-refractivity contribution < 1.29 is 4.42 Å². The Bertz CT molecular complexity index is 510. The summed E-state index contributed by atoms with van der Waals surface area (Å²) in [7, 11) is 0. The van der Waals surface area contributed by atoms with Crippen LogP contribution < -0.4 is 5.32 Å². The molecule has 2 aromatic rings. The van der Waals surface area contributed by atoms with Crippen molar-refractivity contribution in [1.29, 1.82) is 0 Å². The summed E-state index contributed by atoms with van der Waals surface area (Å²) < 4.78 is 6.83. The second-order valence-electron chi connectivity index (χ2n) is 4.69. The first-order chi connectivity index (χ1) is 9.06. The number of halogens is 2. The van der Waals surface area contributed by atoms with Gasteiger partial charge in [0.2, 0.25) is 0 Å². The summed E-state index contributed by atoms with van der Waals surface area (Å²) in [5, 5.41) is 3.53. The molecule has 2 atom stereocenters. The summed E-state index contributed by atoms with van der Waals surface area (Å²) in [6, 6.07) is 6.44. The highest BCUT2D eigenvalue weighted by molar-refractivity contribution is 7.20. The van der Waals surface area contributed by atoms with E-state index in [9.17, 15) is 0 Å². The maximum Gasteiger partial charge on any atom is 0.103 e. The molecule has 5 heteroatoms. The number of hydrogen-bond acceptors (Lipinski definition) is 3. The molecule has 2 rings (SSSR count). The molecule has 0 spiro atoms. The lowest BCUT2D eigenvalue weighted by atomic mass is 10.1. The molecule has 0 saturated heterocycles. The van der Waals surface area contributed by atoms with Gasteiger partial charge in [0.1, 0.15) is 5.76 Å². The molecule has 1 N–H and O–H groups in total. The minimum absolute atomic E-state index is 0.197. The maximum atomic E-state index is 6.16. The minimum atomic E-state index is 0.197. The molecule has 0 aliphatic heterocycles. The second-order valence-corrected chi connectivity index (χ2v) is 6.97. The number of aryl methyl sites for hydroxylation is 1. The maximum absolute atomic E-state index is 6.16. The zero-order valence-corrected chi connectivity index (χ0v) is 13.3. The summed E-state index contributed by atoms with van der Waals surface area (Å²) >= 11 is 13.5. The fraction of sp³-hybridized carbons (Fsp3) is 0.429. The Labute approximate surface area is 127 Å². The fourth-order valence-electron chi connectivity index (χ4n) is 2.06. The average Bonchev–Trinajstić information content (AvgIpc) is 2.96. The van der Waals surface area contributed by atoms with Crippen LogP contribution in [0.25, 0.3) is 0 Å². The van der Waals surface area contributed by atoms with Crippen LogP contribution in [0.5, 0.6) is 0 Å². The molecule has 0 amide bonds. The van der Waals surface area contributed by atoms with Crippen LogP contribution in [0.1, 0.15) is 37.6 Å². The molecule has 0 bridgehead atoms. The van der Waals surface area contributed by atoms with Crippen molar-refractivity contribution in [3.63, 3.8) is 0 Å². The summed E-state index contributed by atoms with van der Waals surface area (Å²) in [4.78, 5) is 0. The molecule has 0 radical (unpaired) electrons. The zero-order chi connectivity index (χ0) is 13.8. The van der Waals surface area contributed by atoms with E-state index in [0.717, 1.165) is 32.8 Å². The highest BCUT2D eigenvalue weighted by Gasteiger charge is 2.15. The number of nitrogens with one attached hydrogen (secondary N) is 1. The lowest BCUT2D eigenvalue weighted by molar-refractivity contribution is 0.431. The Balaban J connectivity index is 1.84. The monoisotopic (exact) mass is 317 g/mol. The third kappa shape index (κ3) is 4.25. The topological polar surface area (TPSA) is 25.2 Å². The third-order valence-electron chi connectivity index (χ3n) is 3.09. The average molecular weight is 318 g/mol. The lowest BCUT2D eigenvalue weighted by Crippen LogP contribution is -2.29. The van der Waals surface area contributed by atoms with E-state index in [2.05, 4.69) is 19.2 Å². The van der Waals surface area contributed by atoms with Crippen LogP contribution in [0.4, 0.5) is 0 Å². The Morgan fingerprint density at radius 1 is 1.37 bits per heavy atom. The third-order valence-corrected chi connectivity index (χ3v) is 4.61. The van der Waals surface area contributed by atoms with Gasteiger partial charge in [0, 0.05) is 18.5 Å². The van der Waals surface area contributed by atoms with Gasteiger partial charge in [-0.25, -0.2) is 0 Å². The van der Waals surface area contributed by atoms with Crippen molar-refractivity contribution >= 4 is 34.5 Å². The van der Waals surface area contributed by atoms with E-state index in [-0.39, 0.29) is 6.04 Å².